The zero-order valence-corrected chi connectivity index (χ0v) is 13.3. The van der Waals surface area contributed by atoms with Crippen molar-refractivity contribution in [3.63, 3.8) is 0 Å². The molecule has 1 aliphatic rings. The molecule has 0 amide bonds. The van der Waals surface area contributed by atoms with Crippen LogP contribution in [0.1, 0.15) is 76.0 Å². The summed E-state index contributed by atoms with van der Waals surface area (Å²) in [5.74, 6) is 2.10. The summed E-state index contributed by atoms with van der Waals surface area (Å²) < 4.78 is 0. The third-order valence-electron chi connectivity index (χ3n) is 4.53. The van der Waals surface area contributed by atoms with Gasteiger partial charge in [0.25, 0.3) is 0 Å². The first-order valence-corrected chi connectivity index (χ1v) is 7.57. The molecule has 106 valence electrons. The Morgan fingerprint density at radius 2 is 1.75 bits per heavy atom. The summed E-state index contributed by atoms with van der Waals surface area (Å²) in [5.41, 5.74) is 6.58. The Balaban J connectivity index is 2.20. The van der Waals surface area contributed by atoms with Crippen molar-refractivity contribution in [3.05, 3.63) is 40.8 Å². The van der Waals surface area contributed by atoms with Crippen LogP contribution in [0.3, 0.4) is 0 Å². The maximum atomic E-state index is 4.85. The van der Waals surface area contributed by atoms with Crippen molar-refractivity contribution >= 4 is 0 Å². The van der Waals surface area contributed by atoms with Gasteiger partial charge in [-0.3, -0.25) is 0 Å². The van der Waals surface area contributed by atoms with Gasteiger partial charge in [0.15, 0.2) is 0 Å². The molecule has 0 spiro atoms. The lowest BCUT2D eigenvalue weighted by Gasteiger charge is -2.21. The van der Waals surface area contributed by atoms with Gasteiger partial charge in [0.05, 0.1) is 11.4 Å². The summed E-state index contributed by atoms with van der Waals surface area (Å²) in [6.45, 7) is 13.5. The molecule has 0 bridgehead atoms. The number of aromatic nitrogens is 2. The number of imidazole rings is 1. The van der Waals surface area contributed by atoms with Gasteiger partial charge in [-0.2, -0.15) is 0 Å². The first-order valence-electron chi connectivity index (χ1n) is 7.57. The average Bonchev–Trinajstić information content (AvgIpc) is 2.90. The molecule has 3 rings (SSSR count). The third-order valence-corrected chi connectivity index (χ3v) is 4.53. The van der Waals surface area contributed by atoms with Gasteiger partial charge >= 0.3 is 0 Å². The standard InChI is InChI=1S/C18H24N2/c1-10(2)12-7-8-13-14(9-12)18(5,6)16-15(13)19-17(20-16)11(3)4/h7-11H,1-6H3,(H,19,20). The second kappa shape index (κ2) is 4.21. The molecule has 0 saturated carbocycles. The van der Waals surface area contributed by atoms with Crippen LogP contribution in [0.15, 0.2) is 18.2 Å². The van der Waals surface area contributed by atoms with Crippen LogP contribution in [0.4, 0.5) is 0 Å². The number of aromatic amines is 1. The first-order chi connectivity index (χ1) is 9.32. The molecule has 0 fully saturated rings. The zero-order chi connectivity index (χ0) is 14.7. The van der Waals surface area contributed by atoms with Crippen molar-refractivity contribution in [2.45, 2.75) is 58.8 Å². The summed E-state index contributed by atoms with van der Waals surface area (Å²) in [5, 5.41) is 0. The van der Waals surface area contributed by atoms with Crippen LogP contribution in [0, 0.1) is 0 Å². The number of nitrogens with zero attached hydrogens (tertiary/aromatic N) is 1. The lowest BCUT2D eigenvalue weighted by Crippen LogP contribution is -2.16. The van der Waals surface area contributed by atoms with Crippen molar-refractivity contribution in [2.75, 3.05) is 0 Å². The molecule has 0 atom stereocenters. The molecule has 1 aromatic heterocycles. The predicted octanol–water partition coefficient (Wildman–Crippen LogP) is 4.96. The van der Waals surface area contributed by atoms with Crippen LogP contribution < -0.4 is 0 Å². The molecule has 2 nitrogen and oxygen atoms in total. The minimum atomic E-state index is 0.0235. The van der Waals surface area contributed by atoms with Gasteiger partial charge in [-0.15, -0.1) is 0 Å². The Morgan fingerprint density at radius 1 is 1.05 bits per heavy atom. The highest BCUT2D eigenvalue weighted by Crippen LogP contribution is 2.48. The average molecular weight is 268 g/mol. The summed E-state index contributed by atoms with van der Waals surface area (Å²) >= 11 is 0. The van der Waals surface area contributed by atoms with Gasteiger partial charge in [-0.05, 0) is 17.0 Å². The van der Waals surface area contributed by atoms with E-state index in [1.165, 1.54) is 22.4 Å². The van der Waals surface area contributed by atoms with Gasteiger partial charge in [-0.1, -0.05) is 59.7 Å². The highest BCUT2D eigenvalue weighted by molar-refractivity contribution is 5.77. The van der Waals surface area contributed by atoms with Crippen LogP contribution in [0.5, 0.6) is 0 Å². The van der Waals surface area contributed by atoms with E-state index in [0.29, 0.717) is 11.8 Å². The molecule has 0 aliphatic heterocycles. The van der Waals surface area contributed by atoms with E-state index in [0.717, 1.165) is 11.5 Å². The Hall–Kier alpha value is -1.57. The molecular formula is C18H24N2. The minimum Gasteiger partial charge on any atom is -0.344 e. The van der Waals surface area contributed by atoms with Crippen molar-refractivity contribution in [2.24, 2.45) is 0 Å². The summed E-state index contributed by atoms with van der Waals surface area (Å²) in [4.78, 5) is 8.41. The summed E-state index contributed by atoms with van der Waals surface area (Å²) in [7, 11) is 0. The SMILES string of the molecule is CC(C)c1ccc2c(c1)C(C)(C)c1[nH]c(C(C)C)nc1-2. The van der Waals surface area contributed by atoms with Crippen molar-refractivity contribution < 1.29 is 0 Å². The van der Waals surface area contributed by atoms with E-state index in [2.05, 4.69) is 64.7 Å². The second-order valence-electron chi connectivity index (χ2n) is 7.09. The highest BCUT2D eigenvalue weighted by atomic mass is 15.0. The van der Waals surface area contributed by atoms with Gasteiger partial charge in [-0.25, -0.2) is 4.98 Å². The molecule has 1 aromatic carbocycles. The number of rotatable bonds is 2. The zero-order valence-electron chi connectivity index (χ0n) is 13.3. The first kappa shape index (κ1) is 13.4. The maximum Gasteiger partial charge on any atom is 0.109 e. The molecule has 0 unspecified atom stereocenters. The Labute approximate surface area is 121 Å². The van der Waals surface area contributed by atoms with Gasteiger partial charge in [0.2, 0.25) is 0 Å². The van der Waals surface area contributed by atoms with Crippen molar-refractivity contribution in [1.82, 2.24) is 9.97 Å². The third kappa shape index (κ3) is 1.74. The highest BCUT2D eigenvalue weighted by Gasteiger charge is 2.39. The largest absolute Gasteiger partial charge is 0.344 e. The van der Waals surface area contributed by atoms with E-state index in [-0.39, 0.29) is 5.41 Å². The van der Waals surface area contributed by atoms with E-state index in [1.54, 1.807) is 0 Å². The smallest absolute Gasteiger partial charge is 0.109 e. The molecule has 0 saturated heterocycles. The summed E-state index contributed by atoms with van der Waals surface area (Å²) in [6.07, 6.45) is 0. The normalized spacial score (nSPS) is 15.8. The number of nitrogens with one attached hydrogen (secondary N) is 1. The Kier molecular flexibility index (Phi) is 2.82. The molecule has 0 radical (unpaired) electrons. The van der Waals surface area contributed by atoms with Crippen LogP contribution >= 0.6 is 0 Å². The van der Waals surface area contributed by atoms with E-state index >= 15 is 0 Å². The number of benzene rings is 1. The lowest BCUT2D eigenvalue weighted by molar-refractivity contribution is 0.631. The van der Waals surface area contributed by atoms with Crippen LogP contribution in [0.25, 0.3) is 11.3 Å². The number of hydrogen-bond donors (Lipinski definition) is 1. The Morgan fingerprint density at radius 3 is 2.35 bits per heavy atom. The Bertz CT molecular complexity index is 660. The lowest BCUT2D eigenvalue weighted by atomic mass is 9.83. The monoisotopic (exact) mass is 268 g/mol. The van der Waals surface area contributed by atoms with E-state index < -0.39 is 0 Å². The van der Waals surface area contributed by atoms with Crippen LogP contribution in [-0.2, 0) is 5.41 Å². The molecule has 1 heterocycles. The van der Waals surface area contributed by atoms with Crippen molar-refractivity contribution in [1.29, 1.82) is 0 Å². The quantitative estimate of drug-likeness (QED) is 0.819. The maximum absolute atomic E-state index is 4.85. The van der Waals surface area contributed by atoms with E-state index in [1.807, 2.05) is 0 Å². The number of fused-ring (bicyclic) bond motifs is 3. The van der Waals surface area contributed by atoms with E-state index in [4.69, 9.17) is 4.98 Å². The fourth-order valence-corrected chi connectivity index (χ4v) is 3.09. The summed E-state index contributed by atoms with van der Waals surface area (Å²) in [6, 6.07) is 6.87. The van der Waals surface area contributed by atoms with Gasteiger partial charge < -0.3 is 4.98 Å². The minimum absolute atomic E-state index is 0.0235. The molecule has 20 heavy (non-hydrogen) atoms. The van der Waals surface area contributed by atoms with E-state index in [9.17, 15) is 0 Å². The van der Waals surface area contributed by atoms with Crippen molar-refractivity contribution in [3.8, 4) is 11.3 Å². The number of H-pyrrole nitrogens is 1. The molecule has 1 aliphatic carbocycles. The fraction of sp³-hybridized carbons (Fsp3) is 0.500. The molecule has 1 N–H and O–H groups in total. The molecular weight excluding hydrogens is 244 g/mol. The van der Waals surface area contributed by atoms with Gasteiger partial charge in [0, 0.05) is 16.9 Å². The van der Waals surface area contributed by atoms with Gasteiger partial charge in [0.1, 0.15) is 5.82 Å². The van der Waals surface area contributed by atoms with Crippen LogP contribution in [0.2, 0.25) is 0 Å². The second-order valence-corrected chi connectivity index (χ2v) is 7.09. The van der Waals surface area contributed by atoms with Crippen LogP contribution in [-0.4, -0.2) is 9.97 Å². The predicted molar refractivity (Wildman–Crippen MR) is 84.3 cm³/mol. The topological polar surface area (TPSA) is 28.7 Å². The molecule has 2 heteroatoms. The number of hydrogen-bond acceptors (Lipinski definition) is 1. The molecule has 2 aromatic rings. The fourth-order valence-electron chi connectivity index (χ4n) is 3.09.